The summed E-state index contributed by atoms with van der Waals surface area (Å²) in [5.74, 6) is 0.470. The Bertz CT molecular complexity index is 726. The molecule has 0 saturated heterocycles. The van der Waals surface area contributed by atoms with E-state index in [2.05, 4.69) is 10.3 Å². The van der Waals surface area contributed by atoms with Crippen LogP contribution in [0.25, 0.3) is 10.9 Å². The van der Waals surface area contributed by atoms with Crippen LogP contribution in [0.2, 0.25) is 0 Å². The van der Waals surface area contributed by atoms with E-state index >= 15 is 0 Å². The molecule has 19 heavy (non-hydrogen) atoms. The summed E-state index contributed by atoms with van der Waals surface area (Å²) < 4.78 is 3.69. The molecule has 0 aliphatic rings. The zero-order valence-electron chi connectivity index (χ0n) is 10.6. The highest BCUT2D eigenvalue weighted by Crippen LogP contribution is 2.15. The first-order chi connectivity index (χ1) is 9.24. The number of para-hydroxylation sites is 1. The summed E-state index contributed by atoms with van der Waals surface area (Å²) in [6, 6.07) is 9.99. The maximum Gasteiger partial charge on any atom is 0.246 e. The van der Waals surface area contributed by atoms with Crippen molar-refractivity contribution in [1.82, 2.24) is 14.1 Å². The molecule has 0 unspecified atom stereocenters. The van der Waals surface area contributed by atoms with Gasteiger partial charge in [-0.25, -0.2) is 4.98 Å². The number of rotatable bonds is 3. The van der Waals surface area contributed by atoms with Gasteiger partial charge in [0.05, 0.1) is 0 Å². The summed E-state index contributed by atoms with van der Waals surface area (Å²) >= 11 is 0. The Morgan fingerprint density at radius 3 is 2.89 bits per heavy atom. The van der Waals surface area contributed by atoms with Crippen LogP contribution in [0, 0.1) is 0 Å². The second kappa shape index (κ2) is 4.61. The Balaban J connectivity index is 1.78. The van der Waals surface area contributed by atoms with Gasteiger partial charge in [-0.1, -0.05) is 18.2 Å². The predicted molar refractivity (Wildman–Crippen MR) is 73.8 cm³/mol. The molecular weight excluding hydrogens is 240 g/mol. The lowest BCUT2D eigenvalue weighted by atomic mass is 10.2. The van der Waals surface area contributed by atoms with Crippen LogP contribution in [0.5, 0.6) is 0 Å². The number of fused-ring (bicyclic) bond motifs is 1. The van der Waals surface area contributed by atoms with E-state index in [-0.39, 0.29) is 12.5 Å². The molecule has 1 N–H and O–H groups in total. The van der Waals surface area contributed by atoms with E-state index in [1.165, 1.54) is 0 Å². The minimum Gasteiger partial charge on any atom is -0.338 e. The number of hydrogen-bond acceptors (Lipinski definition) is 2. The number of anilines is 1. The first-order valence-corrected chi connectivity index (χ1v) is 6.05. The van der Waals surface area contributed by atoms with Crippen LogP contribution < -0.4 is 5.32 Å². The van der Waals surface area contributed by atoms with Gasteiger partial charge in [0.2, 0.25) is 11.9 Å². The van der Waals surface area contributed by atoms with Gasteiger partial charge in [0.15, 0.2) is 0 Å². The molecule has 3 rings (SSSR count). The maximum absolute atomic E-state index is 12.0. The molecule has 0 aliphatic carbocycles. The Hall–Kier alpha value is -2.56. The van der Waals surface area contributed by atoms with Crippen molar-refractivity contribution in [2.45, 2.75) is 6.54 Å². The van der Waals surface area contributed by atoms with Crippen molar-refractivity contribution >= 4 is 22.8 Å². The average molecular weight is 254 g/mol. The number of imidazole rings is 1. The van der Waals surface area contributed by atoms with Gasteiger partial charge in [0, 0.05) is 31.2 Å². The molecule has 1 aromatic carbocycles. The SMILES string of the molecule is Cn1ccnc1NC(=O)Cn1ccc2ccccc21. The molecular formula is C14H14N4O. The molecule has 0 saturated carbocycles. The lowest BCUT2D eigenvalue weighted by molar-refractivity contribution is -0.116. The summed E-state index contributed by atoms with van der Waals surface area (Å²) in [7, 11) is 1.84. The molecule has 0 fully saturated rings. The number of carbonyl (C=O) groups is 1. The molecule has 3 aromatic rings. The van der Waals surface area contributed by atoms with Gasteiger partial charge in [0.1, 0.15) is 6.54 Å². The number of aromatic nitrogens is 3. The fourth-order valence-corrected chi connectivity index (χ4v) is 2.08. The number of nitrogens with one attached hydrogen (secondary N) is 1. The third-order valence-electron chi connectivity index (χ3n) is 3.07. The van der Waals surface area contributed by atoms with Gasteiger partial charge < -0.3 is 9.13 Å². The zero-order valence-corrected chi connectivity index (χ0v) is 10.6. The van der Waals surface area contributed by atoms with E-state index in [1.54, 1.807) is 17.0 Å². The number of carbonyl (C=O) groups excluding carboxylic acids is 1. The fraction of sp³-hybridized carbons (Fsp3) is 0.143. The van der Waals surface area contributed by atoms with Crippen LogP contribution in [0.15, 0.2) is 48.9 Å². The minimum absolute atomic E-state index is 0.0874. The quantitative estimate of drug-likeness (QED) is 0.777. The van der Waals surface area contributed by atoms with Gasteiger partial charge in [-0.15, -0.1) is 0 Å². The van der Waals surface area contributed by atoms with Crippen LogP contribution in [0.4, 0.5) is 5.95 Å². The van der Waals surface area contributed by atoms with Crippen LogP contribution in [0.1, 0.15) is 0 Å². The molecule has 0 aliphatic heterocycles. The lowest BCUT2D eigenvalue weighted by Gasteiger charge is -2.07. The molecule has 0 radical (unpaired) electrons. The highest BCUT2D eigenvalue weighted by molar-refractivity contribution is 5.90. The largest absolute Gasteiger partial charge is 0.338 e. The Morgan fingerprint density at radius 2 is 2.11 bits per heavy atom. The lowest BCUT2D eigenvalue weighted by Crippen LogP contribution is -2.20. The second-order valence-corrected chi connectivity index (χ2v) is 4.41. The van der Waals surface area contributed by atoms with Gasteiger partial charge in [-0.05, 0) is 17.5 Å². The summed E-state index contributed by atoms with van der Waals surface area (Å²) in [5.41, 5.74) is 1.05. The van der Waals surface area contributed by atoms with Crippen molar-refractivity contribution in [3.8, 4) is 0 Å². The van der Waals surface area contributed by atoms with E-state index in [4.69, 9.17) is 0 Å². The number of amides is 1. The van der Waals surface area contributed by atoms with Gasteiger partial charge in [0.25, 0.3) is 0 Å². The van der Waals surface area contributed by atoms with Crippen LogP contribution >= 0.6 is 0 Å². The Morgan fingerprint density at radius 1 is 1.26 bits per heavy atom. The van der Waals surface area contributed by atoms with Crippen molar-refractivity contribution in [3.05, 3.63) is 48.9 Å². The highest BCUT2D eigenvalue weighted by atomic mass is 16.2. The molecule has 5 heteroatoms. The Labute approximate surface area is 110 Å². The van der Waals surface area contributed by atoms with Crippen LogP contribution in [-0.2, 0) is 18.4 Å². The topological polar surface area (TPSA) is 51.9 Å². The smallest absolute Gasteiger partial charge is 0.246 e. The average Bonchev–Trinajstić information content (AvgIpc) is 2.98. The second-order valence-electron chi connectivity index (χ2n) is 4.41. The normalized spacial score (nSPS) is 10.8. The molecule has 0 bridgehead atoms. The van der Waals surface area contributed by atoms with Crippen molar-refractivity contribution in [2.24, 2.45) is 7.05 Å². The summed E-state index contributed by atoms with van der Waals surface area (Å²) in [5, 5.41) is 3.92. The van der Waals surface area contributed by atoms with E-state index in [0.717, 1.165) is 10.9 Å². The molecule has 96 valence electrons. The number of aryl methyl sites for hydroxylation is 1. The van der Waals surface area contributed by atoms with Crippen molar-refractivity contribution < 1.29 is 4.79 Å². The van der Waals surface area contributed by atoms with E-state index < -0.39 is 0 Å². The molecule has 2 aromatic heterocycles. The molecule has 0 spiro atoms. The number of benzene rings is 1. The summed E-state index contributed by atoms with van der Waals surface area (Å²) in [4.78, 5) is 16.1. The van der Waals surface area contributed by atoms with Gasteiger partial charge in [-0.2, -0.15) is 0 Å². The van der Waals surface area contributed by atoms with Crippen molar-refractivity contribution in [2.75, 3.05) is 5.32 Å². The predicted octanol–water partition coefficient (Wildman–Crippen LogP) is 2.01. The monoisotopic (exact) mass is 254 g/mol. The third-order valence-corrected chi connectivity index (χ3v) is 3.07. The van der Waals surface area contributed by atoms with Crippen molar-refractivity contribution in [1.29, 1.82) is 0 Å². The Kier molecular flexibility index (Phi) is 2.79. The minimum atomic E-state index is -0.0874. The van der Waals surface area contributed by atoms with Gasteiger partial charge in [-0.3, -0.25) is 10.1 Å². The highest BCUT2D eigenvalue weighted by Gasteiger charge is 2.08. The summed E-state index contributed by atoms with van der Waals surface area (Å²) in [6.07, 6.45) is 5.37. The van der Waals surface area contributed by atoms with E-state index in [0.29, 0.717) is 5.95 Å². The third kappa shape index (κ3) is 2.22. The molecule has 1 amide bonds. The molecule has 5 nitrogen and oxygen atoms in total. The first kappa shape index (κ1) is 11.5. The number of hydrogen-bond donors (Lipinski definition) is 1. The fourth-order valence-electron chi connectivity index (χ4n) is 2.08. The van der Waals surface area contributed by atoms with Crippen LogP contribution in [0.3, 0.4) is 0 Å². The maximum atomic E-state index is 12.0. The van der Waals surface area contributed by atoms with Gasteiger partial charge >= 0.3 is 0 Å². The standard InChI is InChI=1S/C14H14N4O/c1-17-9-7-15-14(17)16-13(19)10-18-8-6-11-4-2-3-5-12(11)18/h2-9H,10H2,1H3,(H,15,16,19). The first-order valence-electron chi connectivity index (χ1n) is 6.05. The van der Waals surface area contributed by atoms with Crippen molar-refractivity contribution in [3.63, 3.8) is 0 Å². The summed E-state index contributed by atoms with van der Waals surface area (Å²) in [6.45, 7) is 0.278. The number of nitrogens with zero attached hydrogens (tertiary/aromatic N) is 3. The van der Waals surface area contributed by atoms with E-state index in [9.17, 15) is 4.79 Å². The van der Waals surface area contributed by atoms with E-state index in [1.807, 2.05) is 48.1 Å². The van der Waals surface area contributed by atoms with Crippen LogP contribution in [-0.4, -0.2) is 20.0 Å². The molecule has 2 heterocycles. The molecule has 0 atom stereocenters. The zero-order chi connectivity index (χ0) is 13.2.